The minimum Gasteiger partial charge on any atom is -0.503 e. The van der Waals surface area contributed by atoms with Gasteiger partial charge >= 0.3 is 0 Å². The maximum atomic E-state index is 13.0. The lowest BCUT2D eigenvalue weighted by atomic mass is 9.83. The smallest absolute Gasteiger partial charge is 0.294 e. The molecule has 3 rings (SSSR count). The van der Waals surface area contributed by atoms with Crippen molar-refractivity contribution in [3.05, 3.63) is 63.0 Å². The van der Waals surface area contributed by atoms with Crippen LogP contribution in [0.15, 0.2) is 53.1 Å². The first-order valence-electron chi connectivity index (χ1n) is 7.82. The van der Waals surface area contributed by atoms with Crippen molar-refractivity contribution in [2.75, 3.05) is 4.90 Å². The summed E-state index contributed by atoms with van der Waals surface area (Å²) in [6, 6.07) is 9.89. The molecule has 1 N–H and O–H groups in total. The normalized spacial score (nSPS) is 18.2. The van der Waals surface area contributed by atoms with E-state index in [-0.39, 0.29) is 11.4 Å². The summed E-state index contributed by atoms with van der Waals surface area (Å²) in [5.74, 6) is -1.33. The summed E-state index contributed by atoms with van der Waals surface area (Å²) in [6.45, 7) is 5.31. The van der Waals surface area contributed by atoms with Gasteiger partial charge in [-0.25, -0.2) is 0 Å². The van der Waals surface area contributed by atoms with Gasteiger partial charge in [0.1, 0.15) is 6.04 Å². The van der Waals surface area contributed by atoms with E-state index >= 15 is 0 Å². The summed E-state index contributed by atoms with van der Waals surface area (Å²) in [5.41, 5.74) is -0.0391. The molecule has 25 heavy (non-hydrogen) atoms. The van der Waals surface area contributed by atoms with E-state index in [2.05, 4.69) is 0 Å². The average Bonchev–Trinajstić information content (AvgIpc) is 3.13. The Labute approximate surface area is 155 Å². The van der Waals surface area contributed by atoms with Crippen LogP contribution < -0.4 is 4.90 Å². The first-order chi connectivity index (χ1) is 11.7. The standard InChI is InChI=1S/C19H18ClNO3S/c1-19(2,3)17(23)14-15(13-8-5-9-25-13)21(18(24)16(14)22)12-7-4-6-11(20)10-12/h4-10,15,22H,1-3H3. The van der Waals surface area contributed by atoms with Crippen LogP contribution in [-0.2, 0) is 9.59 Å². The lowest BCUT2D eigenvalue weighted by Crippen LogP contribution is -2.32. The highest BCUT2D eigenvalue weighted by atomic mass is 35.5. The number of thiophene rings is 1. The summed E-state index contributed by atoms with van der Waals surface area (Å²) >= 11 is 7.51. The highest BCUT2D eigenvalue weighted by molar-refractivity contribution is 7.10. The predicted molar refractivity (Wildman–Crippen MR) is 100 cm³/mol. The molecule has 1 aliphatic rings. The number of benzene rings is 1. The molecule has 0 spiro atoms. The van der Waals surface area contributed by atoms with E-state index in [9.17, 15) is 14.7 Å². The van der Waals surface area contributed by atoms with Crippen LogP contribution in [0, 0.1) is 5.41 Å². The number of hydrogen-bond donors (Lipinski definition) is 1. The molecular formula is C19H18ClNO3S. The molecular weight excluding hydrogens is 358 g/mol. The van der Waals surface area contributed by atoms with Crippen molar-refractivity contribution in [1.29, 1.82) is 0 Å². The number of carbonyl (C=O) groups is 2. The molecule has 0 aliphatic carbocycles. The highest BCUT2D eigenvalue weighted by Gasteiger charge is 2.47. The Hall–Kier alpha value is -2.11. The number of amides is 1. The van der Waals surface area contributed by atoms with Crippen molar-refractivity contribution in [3.8, 4) is 0 Å². The van der Waals surface area contributed by atoms with E-state index < -0.39 is 23.1 Å². The van der Waals surface area contributed by atoms with Crippen molar-refractivity contribution in [2.45, 2.75) is 26.8 Å². The molecule has 0 saturated heterocycles. The van der Waals surface area contributed by atoms with Crippen molar-refractivity contribution in [2.24, 2.45) is 5.41 Å². The molecule has 0 radical (unpaired) electrons. The zero-order chi connectivity index (χ0) is 18.4. The quantitative estimate of drug-likeness (QED) is 0.828. The van der Waals surface area contributed by atoms with Gasteiger partial charge in [-0.05, 0) is 29.6 Å². The SMILES string of the molecule is CC(C)(C)C(=O)C1=C(O)C(=O)N(c2cccc(Cl)c2)C1c1cccs1. The molecule has 1 unspecified atom stereocenters. The number of aliphatic hydroxyl groups excluding tert-OH is 1. The van der Waals surface area contributed by atoms with Crippen LogP contribution in [0.4, 0.5) is 5.69 Å². The van der Waals surface area contributed by atoms with Gasteiger partial charge in [-0.15, -0.1) is 11.3 Å². The number of rotatable bonds is 3. The highest BCUT2D eigenvalue weighted by Crippen LogP contribution is 2.44. The van der Waals surface area contributed by atoms with Crippen molar-refractivity contribution < 1.29 is 14.7 Å². The predicted octanol–water partition coefficient (Wildman–Crippen LogP) is 4.92. The van der Waals surface area contributed by atoms with Gasteiger partial charge in [0.05, 0.1) is 5.57 Å². The summed E-state index contributed by atoms with van der Waals surface area (Å²) < 4.78 is 0. The Bertz CT molecular complexity index is 865. The lowest BCUT2D eigenvalue weighted by molar-refractivity contribution is -0.123. The van der Waals surface area contributed by atoms with Gasteiger partial charge < -0.3 is 5.11 Å². The van der Waals surface area contributed by atoms with Gasteiger partial charge in [-0.2, -0.15) is 0 Å². The van der Waals surface area contributed by atoms with Crippen LogP contribution >= 0.6 is 22.9 Å². The van der Waals surface area contributed by atoms with Crippen LogP contribution in [0.1, 0.15) is 31.7 Å². The topological polar surface area (TPSA) is 57.6 Å². The van der Waals surface area contributed by atoms with E-state index in [4.69, 9.17) is 11.6 Å². The molecule has 1 aliphatic heterocycles. The molecule has 1 atom stereocenters. The fraction of sp³-hybridized carbons (Fsp3) is 0.263. The van der Waals surface area contributed by atoms with E-state index in [1.165, 1.54) is 16.2 Å². The molecule has 1 aromatic heterocycles. The third kappa shape index (κ3) is 3.10. The first kappa shape index (κ1) is 17.7. The van der Waals surface area contributed by atoms with Gasteiger partial charge in [0, 0.05) is 21.0 Å². The largest absolute Gasteiger partial charge is 0.503 e. The summed E-state index contributed by atoms with van der Waals surface area (Å²) in [7, 11) is 0. The van der Waals surface area contributed by atoms with Gasteiger partial charge in [0.2, 0.25) is 0 Å². The second-order valence-corrected chi connectivity index (χ2v) is 8.33. The van der Waals surface area contributed by atoms with Crippen molar-refractivity contribution >= 4 is 40.3 Å². The molecule has 6 heteroatoms. The lowest BCUT2D eigenvalue weighted by Gasteiger charge is -2.28. The molecule has 0 saturated carbocycles. The summed E-state index contributed by atoms with van der Waals surface area (Å²) in [4.78, 5) is 28.0. The number of aliphatic hydroxyl groups is 1. The Morgan fingerprint density at radius 1 is 1.24 bits per heavy atom. The van der Waals surface area contributed by atoms with Gasteiger partial charge in [-0.1, -0.05) is 44.5 Å². The first-order valence-corrected chi connectivity index (χ1v) is 9.08. The van der Waals surface area contributed by atoms with E-state index in [0.717, 1.165) is 4.88 Å². The van der Waals surface area contributed by atoms with Crippen LogP contribution in [0.2, 0.25) is 5.02 Å². The molecule has 2 heterocycles. The van der Waals surface area contributed by atoms with Gasteiger partial charge in [0.15, 0.2) is 11.5 Å². The maximum Gasteiger partial charge on any atom is 0.294 e. The number of ketones is 1. The fourth-order valence-corrected chi connectivity index (χ4v) is 3.86. The molecule has 1 aromatic carbocycles. The number of hydrogen-bond acceptors (Lipinski definition) is 4. The maximum absolute atomic E-state index is 13.0. The van der Waals surface area contributed by atoms with E-state index in [1.807, 2.05) is 17.5 Å². The van der Waals surface area contributed by atoms with Gasteiger partial charge in [0.25, 0.3) is 5.91 Å². The summed E-state index contributed by atoms with van der Waals surface area (Å²) in [5, 5.41) is 12.9. The minimum atomic E-state index is -0.719. The van der Waals surface area contributed by atoms with Crippen LogP contribution in [0.3, 0.4) is 0 Å². The average molecular weight is 376 g/mol. The Morgan fingerprint density at radius 2 is 1.96 bits per heavy atom. The van der Waals surface area contributed by atoms with Crippen molar-refractivity contribution in [3.63, 3.8) is 0 Å². The monoisotopic (exact) mass is 375 g/mol. The number of halogens is 1. The van der Waals surface area contributed by atoms with Crippen LogP contribution in [0.5, 0.6) is 0 Å². The Balaban J connectivity index is 2.18. The molecule has 2 aromatic rings. The number of Topliss-reactive ketones (excluding diaryl/α,β-unsaturated/α-hetero) is 1. The Morgan fingerprint density at radius 3 is 2.52 bits per heavy atom. The number of nitrogens with zero attached hydrogens (tertiary/aromatic N) is 1. The van der Waals surface area contributed by atoms with Gasteiger partial charge in [-0.3, -0.25) is 14.5 Å². The second-order valence-electron chi connectivity index (χ2n) is 6.91. The molecule has 130 valence electrons. The second kappa shape index (κ2) is 6.32. The van der Waals surface area contributed by atoms with Crippen LogP contribution in [0.25, 0.3) is 0 Å². The zero-order valence-corrected chi connectivity index (χ0v) is 15.7. The van der Waals surface area contributed by atoms with E-state index in [1.54, 1.807) is 45.0 Å². The minimum absolute atomic E-state index is 0.139. The van der Waals surface area contributed by atoms with Crippen molar-refractivity contribution in [1.82, 2.24) is 0 Å². The summed E-state index contributed by atoms with van der Waals surface area (Å²) in [6.07, 6.45) is 0. The fourth-order valence-electron chi connectivity index (χ4n) is 2.85. The molecule has 4 nitrogen and oxygen atoms in total. The number of carbonyl (C=O) groups excluding carboxylic acids is 2. The third-order valence-corrected chi connectivity index (χ3v) is 5.19. The molecule has 1 amide bonds. The zero-order valence-electron chi connectivity index (χ0n) is 14.1. The third-order valence-electron chi connectivity index (χ3n) is 4.03. The van der Waals surface area contributed by atoms with Crippen LogP contribution in [-0.4, -0.2) is 16.8 Å². The number of anilines is 1. The van der Waals surface area contributed by atoms with E-state index in [0.29, 0.717) is 10.7 Å². The Kier molecular flexibility index (Phi) is 4.47. The molecule has 0 fully saturated rings. The molecule has 0 bridgehead atoms.